The molecule has 0 aliphatic heterocycles. The van der Waals surface area contributed by atoms with Crippen molar-refractivity contribution in [3.8, 4) is 5.69 Å². The van der Waals surface area contributed by atoms with Gasteiger partial charge in [-0.2, -0.15) is 5.10 Å². The molecule has 3 aromatic rings. The number of aromatic nitrogens is 2. The number of non-ortho nitro benzene ring substituents is 1. The Balaban J connectivity index is 1.36. The third-order valence-corrected chi connectivity index (χ3v) is 5.50. The van der Waals surface area contributed by atoms with Gasteiger partial charge in [0, 0.05) is 36.5 Å². The summed E-state index contributed by atoms with van der Waals surface area (Å²) in [6, 6.07) is 14.9. The molecule has 9 nitrogen and oxygen atoms in total. The van der Waals surface area contributed by atoms with Gasteiger partial charge in [-0.1, -0.05) is 31.0 Å². The van der Waals surface area contributed by atoms with Gasteiger partial charge in [0.25, 0.3) is 11.6 Å². The second-order valence-electron chi connectivity index (χ2n) is 7.78. The molecule has 9 heteroatoms. The van der Waals surface area contributed by atoms with Crippen molar-refractivity contribution in [1.82, 2.24) is 15.1 Å². The normalized spacial score (nSPS) is 13.6. The van der Waals surface area contributed by atoms with Crippen LogP contribution in [0.1, 0.15) is 41.7 Å². The molecule has 0 radical (unpaired) electrons. The monoisotopic (exact) mass is 433 g/mol. The Labute approximate surface area is 184 Å². The van der Waals surface area contributed by atoms with E-state index in [1.807, 2.05) is 24.3 Å². The summed E-state index contributed by atoms with van der Waals surface area (Å²) < 4.78 is 1.42. The van der Waals surface area contributed by atoms with Gasteiger partial charge in [0.2, 0.25) is 5.91 Å². The standard InChI is InChI=1S/C23H23N5O4/c29-22(17-6-1-2-7-17)25-18-8-3-5-16(13-18)15-24-23(30)21-11-12-27(26-21)19-9-4-10-20(14-19)28(31)32/h3-5,8-14,17H,1-2,6-7,15H2,(H,24,30)(H,25,29). The molecule has 32 heavy (non-hydrogen) atoms. The number of carbonyl (C=O) groups is 2. The molecule has 164 valence electrons. The van der Waals surface area contributed by atoms with E-state index >= 15 is 0 Å². The summed E-state index contributed by atoms with van der Waals surface area (Å²) in [6.07, 6.45) is 5.64. The molecule has 1 saturated carbocycles. The molecule has 1 aromatic heterocycles. The van der Waals surface area contributed by atoms with Gasteiger partial charge in [-0.05, 0) is 42.7 Å². The Morgan fingerprint density at radius 1 is 1.09 bits per heavy atom. The van der Waals surface area contributed by atoms with Crippen molar-refractivity contribution in [3.63, 3.8) is 0 Å². The Morgan fingerprint density at radius 3 is 2.66 bits per heavy atom. The van der Waals surface area contributed by atoms with Crippen molar-refractivity contribution in [2.24, 2.45) is 5.92 Å². The number of nitro benzene ring substituents is 1. The lowest BCUT2D eigenvalue weighted by atomic mass is 10.1. The van der Waals surface area contributed by atoms with Crippen LogP contribution in [0.2, 0.25) is 0 Å². The van der Waals surface area contributed by atoms with Crippen LogP contribution in [-0.4, -0.2) is 26.5 Å². The zero-order chi connectivity index (χ0) is 22.5. The number of amides is 2. The van der Waals surface area contributed by atoms with Crippen LogP contribution in [-0.2, 0) is 11.3 Å². The highest BCUT2D eigenvalue weighted by molar-refractivity contribution is 5.93. The van der Waals surface area contributed by atoms with Crippen LogP contribution >= 0.6 is 0 Å². The number of anilines is 1. The average molecular weight is 433 g/mol. The molecule has 4 rings (SSSR count). The van der Waals surface area contributed by atoms with Crippen molar-refractivity contribution in [1.29, 1.82) is 0 Å². The molecule has 0 spiro atoms. The zero-order valence-electron chi connectivity index (χ0n) is 17.4. The number of rotatable bonds is 7. The quantitative estimate of drug-likeness (QED) is 0.433. The van der Waals surface area contributed by atoms with Crippen LogP contribution in [0.4, 0.5) is 11.4 Å². The van der Waals surface area contributed by atoms with Crippen LogP contribution in [0, 0.1) is 16.0 Å². The summed E-state index contributed by atoms with van der Waals surface area (Å²) in [5.74, 6) is -0.232. The van der Waals surface area contributed by atoms with Crippen LogP contribution in [0.25, 0.3) is 5.69 Å². The van der Waals surface area contributed by atoms with Crippen molar-refractivity contribution in [2.75, 3.05) is 5.32 Å². The number of benzene rings is 2. The molecule has 0 unspecified atom stereocenters. The van der Waals surface area contributed by atoms with Gasteiger partial charge >= 0.3 is 0 Å². The maximum absolute atomic E-state index is 12.5. The lowest BCUT2D eigenvalue weighted by Crippen LogP contribution is -2.24. The van der Waals surface area contributed by atoms with E-state index in [0.717, 1.165) is 31.2 Å². The highest BCUT2D eigenvalue weighted by Crippen LogP contribution is 2.26. The number of nitrogens with zero attached hydrogens (tertiary/aromatic N) is 3. The highest BCUT2D eigenvalue weighted by Gasteiger charge is 2.22. The van der Waals surface area contributed by atoms with E-state index in [1.165, 1.54) is 16.8 Å². The summed E-state index contributed by atoms with van der Waals surface area (Å²) in [5.41, 5.74) is 2.19. The minimum Gasteiger partial charge on any atom is -0.347 e. The van der Waals surface area contributed by atoms with Crippen molar-refractivity contribution >= 4 is 23.2 Å². The first kappa shape index (κ1) is 21.2. The van der Waals surface area contributed by atoms with E-state index in [9.17, 15) is 19.7 Å². The van der Waals surface area contributed by atoms with E-state index in [4.69, 9.17) is 0 Å². The smallest absolute Gasteiger partial charge is 0.272 e. The summed E-state index contributed by atoms with van der Waals surface area (Å²) in [6.45, 7) is 0.273. The maximum atomic E-state index is 12.5. The van der Waals surface area contributed by atoms with E-state index in [1.54, 1.807) is 24.4 Å². The Morgan fingerprint density at radius 2 is 1.88 bits per heavy atom. The Bertz CT molecular complexity index is 1150. The fourth-order valence-electron chi connectivity index (χ4n) is 3.80. The highest BCUT2D eigenvalue weighted by atomic mass is 16.6. The minimum absolute atomic E-state index is 0.0513. The zero-order valence-corrected chi connectivity index (χ0v) is 17.4. The van der Waals surface area contributed by atoms with Crippen LogP contribution in [0.5, 0.6) is 0 Å². The lowest BCUT2D eigenvalue weighted by molar-refractivity contribution is -0.384. The summed E-state index contributed by atoms with van der Waals surface area (Å²) in [5, 5.41) is 20.9. The largest absolute Gasteiger partial charge is 0.347 e. The van der Waals surface area contributed by atoms with E-state index in [-0.39, 0.29) is 35.7 Å². The maximum Gasteiger partial charge on any atom is 0.272 e. The molecule has 0 bridgehead atoms. The first-order valence-electron chi connectivity index (χ1n) is 10.5. The molecule has 1 heterocycles. The summed E-state index contributed by atoms with van der Waals surface area (Å²) in [7, 11) is 0. The number of hydrogen-bond acceptors (Lipinski definition) is 5. The van der Waals surface area contributed by atoms with E-state index < -0.39 is 4.92 Å². The predicted octanol–water partition coefficient (Wildman–Crippen LogP) is 3.84. The SMILES string of the molecule is O=C(NCc1cccc(NC(=O)C2CCCC2)c1)c1ccn(-c2cccc([N+](=O)[O-])c2)n1. The van der Waals surface area contributed by atoms with Crippen LogP contribution in [0.3, 0.4) is 0 Å². The topological polar surface area (TPSA) is 119 Å². The minimum atomic E-state index is -0.481. The molecular formula is C23H23N5O4. The van der Waals surface area contributed by atoms with Gasteiger partial charge in [-0.3, -0.25) is 19.7 Å². The molecule has 0 saturated heterocycles. The van der Waals surface area contributed by atoms with Crippen molar-refractivity contribution in [2.45, 2.75) is 32.2 Å². The third kappa shape index (κ3) is 5.00. The average Bonchev–Trinajstić information content (AvgIpc) is 3.50. The molecule has 0 atom stereocenters. The van der Waals surface area contributed by atoms with Gasteiger partial charge in [0.05, 0.1) is 10.6 Å². The molecule has 2 amide bonds. The summed E-state index contributed by atoms with van der Waals surface area (Å²) in [4.78, 5) is 35.3. The van der Waals surface area contributed by atoms with E-state index in [2.05, 4.69) is 15.7 Å². The van der Waals surface area contributed by atoms with Crippen molar-refractivity contribution < 1.29 is 14.5 Å². The lowest BCUT2D eigenvalue weighted by Gasteiger charge is -2.11. The first-order valence-corrected chi connectivity index (χ1v) is 10.5. The van der Waals surface area contributed by atoms with Gasteiger partial charge in [-0.25, -0.2) is 4.68 Å². The van der Waals surface area contributed by atoms with Crippen molar-refractivity contribution in [3.05, 3.63) is 82.2 Å². The predicted molar refractivity (Wildman–Crippen MR) is 118 cm³/mol. The molecule has 1 aliphatic rings. The third-order valence-electron chi connectivity index (χ3n) is 5.50. The fraction of sp³-hybridized carbons (Fsp3) is 0.261. The second-order valence-corrected chi connectivity index (χ2v) is 7.78. The Kier molecular flexibility index (Phi) is 6.25. The molecule has 2 aromatic carbocycles. The number of hydrogen-bond donors (Lipinski definition) is 2. The molecule has 2 N–H and O–H groups in total. The second kappa shape index (κ2) is 9.42. The molecule has 1 aliphatic carbocycles. The number of nitrogens with one attached hydrogen (secondary N) is 2. The Hall–Kier alpha value is -4.01. The first-order chi connectivity index (χ1) is 15.5. The van der Waals surface area contributed by atoms with Crippen LogP contribution in [0.15, 0.2) is 60.8 Å². The van der Waals surface area contributed by atoms with Gasteiger partial charge in [-0.15, -0.1) is 0 Å². The molecule has 1 fully saturated rings. The van der Waals surface area contributed by atoms with Crippen LogP contribution < -0.4 is 10.6 Å². The summed E-state index contributed by atoms with van der Waals surface area (Å²) >= 11 is 0. The van der Waals surface area contributed by atoms with Gasteiger partial charge < -0.3 is 10.6 Å². The van der Waals surface area contributed by atoms with Gasteiger partial charge in [0.1, 0.15) is 0 Å². The van der Waals surface area contributed by atoms with Gasteiger partial charge in [0.15, 0.2) is 5.69 Å². The molecular weight excluding hydrogens is 410 g/mol. The number of nitro groups is 1. The van der Waals surface area contributed by atoms with E-state index in [0.29, 0.717) is 11.4 Å². The number of carbonyl (C=O) groups excluding carboxylic acids is 2. The fourth-order valence-corrected chi connectivity index (χ4v) is 3.80.